The van der Waals surface area contributed by atoms with Gasteiger partial charge in [-0.05, 0) is 36.5 Å². The fourth-order valence-electron chi connectivity index (χ4n) is 3.62. The summed E-state index contributed by atoms with van der Waals surface area (Å²) in [6.45, 7) is 4.87. The summed E-state index contributed by atoms with van der Waals surface area (Å²) >= 11 is 1.33. The van der Waals surface area contributed by atoms with Gasteiger partial charge in [-0.1, -0.05) is 49.4 Å². The van der Waals surface area contributed by atoms with Crippen molar-refractivity contribution in [2.45, 2.75) is 37.5 Å². The van der Waals surface area contributed by atoms with Gasteiger partial charge in [-0.3, -0.25) is 9.78 Å². The number of nitrogens with zero attached hydrogens (tertiary/aromatic N) is 4. The molecule has 4 rings (SSSR count). The molecule has 0 spiro atoms. The highest BCUT2D eigenvalue weighted by Crippen LogP contribution is 2.29. The molecule has 0 saturated carbocycles. The van der Waals surface area contributed by atoms with Crippen LogP contribution in [0.3, 0.4) is 0 Å². The molecule has 0 radical (unpaired) electrons. The van der Waals surface area contributed by atoms with Gasteiger partial charge in [-0.2, -0.15) is 4.31 Å². The number of pyridine rings is 1. The van der Waals surface area contributed by atoms with Crippen molar-refractivity contribution < 1.29 is 13.2 Å². The lowest BCUT2D eigenvalue weighted by Gasteiger charge is -2.30. The predicted octanol–water partition coefficient (Wildman–Crippen LogP) is 3.76. The first-order valence-corrected chi connectivity index (χ1v) is 12.7. The summed E-state index contributed by atoms with van der Waals surface area (Å²) in [5, 5.41) is 12.3. The second-order valence-electron chi connectivity index (χ2n) is 8.05. The highest BCUT2D eigenvalue weighted by atomic mass is 32.2. The van der Waals surface area contributed by atoms with Gasteiger partial charge < -0.3 is 5.32 Å². The highest BCUT2D eigenvalue weighted by molar-refractivity contribution is 7.89. The van der Waals surface area contributed by atoms with Crippen molar-refractivity contribution in [2.24, 2.45) is 5.92 Å². The molecular weight excluding hydrogens is 446 g/mol. The molecule has 32 heavy (non-hydrogen) atoms. The third kappa shape index (κ3) is 4.87. The van der Waals surface area contributed by atoms with Crippen molar-refractivity contribution in [3.05, 3.63) is 54.4 Å². The first-order chi connectivity index (χ1) is 15.3. The van der Waals surface area contributed by atoms with Gasteiger partial charge in [0.1, 0.15) is 9.90 Å². The molecule has 1 amide bonds. The van der Waals surface area contributed by atoms with Crippen LogP contribution in [0.15, 0.2) is 53.7 Å². The Hall–Kier alpha value is -2.69. The molecule has 1 N–H and O–H groups in total. The number of benzene rings is 1. The second kappa shape index (κ2) is 9.43. The maximum atomic E-state index is 12.7. The molecule has 0 bridgehead atoms. The molecule has 3 aromatic rings. The Kier molecular flexibility index (Phi) is 6.63. The average Bonchev–Trinajstić information content (AvgIpc) is 3.28. The van der Waals surface area contributed by atoms with E-state index in [0.717, 1.165) is 10.6 Å². The third-order valence-electron chi connectivity index (χ3n) is 5.58. The third-order valence-corrected chi connectivity index (χ3v) is 8.35. The number of piperidine rings is 1. The Morgan fingerprint density at radius 1 is 1.12 bits per heavy atom. The van der Waals surface area contributed by atoms with Crippen LogP contribution in [0.25, 0.3) is 10.6 Å². The molecule has 8 nitrogen and oxygen atoms in total. The zero-order valence-electron chi connectivity index (χ0n) is 17.9. The van der Waals surface area contributed by atoms with Gasteiger partial charge in [0, 0.05) is 37.0 Å². The Morgan fingerprint density at radius 2 is 1.84 bits per heavy atom. The quantitative estimate of drug-likeness (QED) is 0.587. The lowest BCUT2D eigenvalue weighted by molar-refractivity contribution is -0.120. The number of amides is 1. The Bertz CT molecular complexity index is 1170. The lowest BCUT2D eigenvalue weighted by Crippen LogP contribution is -2.41. The fraction of sp³-hybridized carbons (Fsp3) is 0.364. The number of aromatic nitrogens is 3. The van der Waals surface area contributed by atoms with E-state index >= 15 is 0 Å². The van der Waals surface area contributed by atoms with E-state index in [1.54, 1.807) is 6.07 Å². The van der Waals surface area contributed by atoms with Gasteiger partial charge >= 0.3 is 0 Å². The van der Waals surface area contributed by atoms with Gasteiger partial charge in [0.25, 0.3) is 0 Å². The molecule has 1 aliphatic rings. The number of anilines is 1. The Morgan fingerprint density at radius 3 is 2.47 bits per heavy atom. The van der Waals surface area contributed by atoms with Crippen LogP contribution in [0.2, 0.25) is 0 Å². The summed E-state index contributed by atoms with van der Waals surface area (Å²) in [6.07, 6.45) is 3.79. The van der Waals surface area contributed by atoms with Crippen LogP contribution < -0.4 is 5.32 Å². The number of rotatable bonds is 6. The van der Waals surface area contributed by atoms with E-state index in [4.69, 9.17) is 0 Å². The number of hydrogen-bond acceptors (Lipinski definition) is 7. The maximum absolute atomic E-state index is 12.7. The zero-order chi connectivity index (χ0) is 22.7. The molecule has 2 aromatic heterocycles. The van der Waals surface area contributed by atoms with Crippen molar-refractivity contribution in [2.75, 3.05) is 18.4 Å². The summed E-state index contributed by atoms with van der Waals surface area (Å²) < 4.78 is 26.9. The van der Waals surface area contributed by atoms with E-state index in [9.17, 15) is 13.2 Å². The fourth-order valence-corrected chi connectivity index (χ4v) is 5.80. The molecule has 3 heterocycles. The average molecular weight is 472 g/mol. The summed E-state index contributed by atoms with van der Waals surface area (Å²) in [4.78, 5) is 16.8. The second-order valence-corrected chi connectivity index (χ2v) is 11.0. The smallest absolute Gasteiger partial charge is 0.244 e. The van der Waals surface area contributed by atoms with Crippen LogP contribution in [-0.4, -0.2) is 46.9 Å². The van der Waals surface area contributed by atoms with Crippen LogP contribution >= 0.6 is 11.3 Å². The van der Waals surface area contributed by atoms with Crippen molar-refractivity contribution >= 4 is 32.4 Å². The molecule has 168 valence electrons. The first kappa shape index (κ1) is 22.5. The molecule has 1 aromatic carbocycles. The Balaban J connectivity index is 1.35. The van der Waals surface area contributed by atoms with Gasteiger partial charge in [-0.15, -0.1) is 10.2 Å². The zero-order valence-corrected chi connectivity index (χ0v) is 19.6. The van der Waals surface area contributed by atoms with Crippen LogP contribution in [0.1, 0.15) is 38.2 Å². The molecule has 1 fully saturated rings. The number of sulfonamides is 1. The number of carbonyl (C=O) groups excluding carboxylic acids is 1. The monoisotopic (exact) mass is 471 g/mol. The van der Waals surface area contributed by atoms with Gasteiger partial charge in [0.15, 0.2) is 0 Å². The predicted molar refractivity (Wildman–Crippen MR) is 124 cm³/mol. The normalized spacial score (nSPS) is 15.7. The van der Waals surface area contributed by atoms with Crippen LogP contribution in [0.5, 0.6) is 0 Å². The van der Waals surface area contributed by atoms with Crippen molar-refractivity contribution in [3.8, 4) is 10.6 Å². The van der Waals surface area contributed by atoms with E-state index in [1.807, 2.05) is 12.1 Å². The number of hydrogen-bond donors (Lipinski definition) is 1. The molecule has 10 heteroatoms. The van der Waals surface area contributed by atoms with Gasteiger partial charge in [0.05, 0.1) is 0 Å². The van der Waals surface area contributed by atoms with Gasteiger partial charge in [0.2, 0.25) is 21.1 Å². The topological polar surface area (TPSA) is 105 Å². The maximum Gasteiger partial charge on any atom is 0.244 e. The van der Waals surface area contributed by atoms with Crippen molar-refractivity contribution in [1.29, 1.82) is 0 Å². The van der Waals surface area contributed by atoms with Crippen molar-refractivity contribution in [1.82, 2.24) is 19.5 Å². The minimum atomic E-state index is -3.59. The van der Waals surface area contributed by atoms with Crippen LogP contribution in [0.4, 0.5) is 5.13 Å². The van der Waals surface area contributed by atoms with E-state index in [2.05, 4.69) is 46.5 Å². The lowest BCUT2D eigenvalue weighted by atomic mass is 9.97. The molecular formula is C22H25N5O3S2. The summed E-state index contributed by atoms with van der Waals surface area (Å²) in [6, 6.07) is 11.3. The summed E-state index contributed by atoms with van der Waals surface area (Å²) in [5.41, 5.74) is 2.21. The SMILES string of the molecule is CC(C)c1ccc(-c2nnc(NC(=O)C3CCN(S(=O)(=O)c4cccnc4)CC3)s2)cc1. The van der Waals surface area contributed by atoms with Crippen LogP contribution in [-0.2, 0) is 14.8 Å². The van der Waals surface area contributed by atoms with E-state index in [-0.39, 0.29) is 16.7 Å². The highest BCUT2D eigenvalue weighted by Gasteiger charge is 2.32. The minimum Gasteiger partial charge on any atom is -0.300 e. The number of carbonyl (C=O) groups is 1. The summed E-state index contributed by atoms with van der Waals surface area (Å²) in [5.74, 6) is 0.0355. The van der Waals surface area contributed by atoms with Crippen molar-refractivity contribution in [3.63, 3.8) is 0 Å². The molecule has 1 saturated heterocycles. The largest absolute Gasteiger partial charge is 0.300 e. The first-order valence-electron chi connectivity index (χ1n) is 10.5. The van der Waals surface area contributed by atoms with Gasteiger partial charge in [-0.25, -0.2) is 8.42 Å². The van der Waals surface area contributed by atoms with E-state index < -0.39 is 10.0 Å². The molecule has 0 atom stereocenters. The minimum absolute atomic E-state index is 0.152. The number of nitrogens with one attached hydrogen (secondary N) is 1. The molecule has 0 aliphatic carbocycles. The van der Waals surface area contributed by atoms with Crippen LogP contribution in [0, 0.1) is 5.92 Å². The Labute approximate surface area is 191 Å². The standard InChI is InChI=1S/C22H25N5O3S2/c1-15(2)16-5-7-18(8-6-16)21-25-26-22(31-21)24-20(28)17-9-12-27(13-10-17)32(29,30)19-4-3-11-23-14-19/h3-8,11,14-15,17H,9-10,12-13H2,1-2H3,(H,24,26,28). The summed E-state index contributed by atoms with van der Waals surface area (Å²) in [7, 11) is -3.59. The molecule has 0 unspecified atom stereocenters. The van der Waals surface area contributed by atoms with E-state index in [1.165, 1.54) is 39.7 Å². The molecule has 1 aliphatic heterocycles. The van der Waals surface area contributed by atoms with E-state index in [0.29, 0.717) is 37.0 Å².